The van der Waals surface area contributed by atoms with Gasteiger partial charge in [0.1, 0.15) is 11.5 Å². The van der Waals surface area contributed by atoms with Crippen LogP contribution in [0.3, 0.4) is 0 Å². The maximum Gasteiger partial charge on any atom is 0.119 e. The van der Waals surface area contributed by atoms with Crippen molar-refractivity contribution in [2.24, 2.45) is 0 Å². The fourth-order valence-corrected chi connectivity index (χ4v) is 2.32. The number of benzene rings is 1. The summed E-state index contributed by atoms with van der Waals surface area (Å²) in [6, 6.07) is 6.79. The van der Waals surface area contributed by atoms with Gasteiger partial charge in [0.2, 0.25) is 0 Å². The van der Waals surface area contributed by atoms with Crippen LogP contribution in [-0.2, 0) is 6.54 Å². The Morgan fingerprint density at radius 2 is 1.94 bits per heavy atom. The van der Waals surface area contributed by atoms with Gasteiger partial charge in [0.05, 0.1) is 0 Å². The lowest BCUT2D eigenvalue weighted by Crippen LogP contribution is -2.17. The number of phenols is 2. The van der Waals surface area contributed by atoms with Crippen LogP contribution >= 0.6 is 11.3 Å². The van der Waals surface area contributed by atoms with Gasteiger partial charge < -0.3 is 15.5 Å². The molecule has 0 spiro atoms. The lowest BCUT2D eigenvalue weighted by Gasteiger charge is -2.14. The van der Waals surface area contributed by atoms with Gasteiger partial charge in [0, 0.05) is 18.7 Å². The van der Waals surface area contributed by atoms with E-state index in [1.54, 1.807) is 23.5 Å². The molecule has 90 valence electrons. The molecule has 0 fully saturated rings. The fourth-order valence-electron chi connectivity index (χ4n) is 1.65. The van der Waals surface area contributed by atoms with Crippen LogP contribution in [-0.4, -0.2) is 10.2 Å². The van der Waals surface area contributed by atoms with Crippen LogP contribution in [0.5, 0.6) is 11.5 Å². The van der Waals surface area contributed by atoms with Crippen LogP contribution in [0.4, 0.5) is 0 Å². The molecule has 1 atom stereocenters. The Kier molecular flexibility index (Phi) is 3.66. The molecule has 0 aliphatic heterocycles. The van der Waals surface area contributed by atoms with Gasteiger partial charge in [-0.05, 0) is 47.0 Å². The van der Waals surface area contributed by atoms with E-state index in [-0.39, 0.29) is 17.5 Å². The van der Waals surface area contributed by atoms with Crippen molar-refractivity contribution in [3.05, 3.63) is 46.2 Å². The molecule has 2 aromatic rings. The minimum absolute atomic E-state index is 0.0768. The van der Waals surface area contributed by atoms with Crippen LogP contribution in [0.1, 0.15) is 24.1 Å². The zero-order chi connectivity index (χ0) is 12.3. The average Bonchev–Trinajstić information content (AvgIpc) is 2.77. The Balaban J connectivity index is 2.01. The Morgan fingerprint density at radius 3 is 2.53 bits per heavy atom. The molecule has 1 aromatic heterocycles. The third-order valence-electron chi connectivity index (χ3n) is 2.62. The molecule has 0 saturated heterocycles. The quantitative estimate of drug-likeness (QED) is 0.780. The molecule has 0 saturated carbocycles. The van der Waals surface area contributed by atoms with Crippen LogP contribution in [0.25, 0.3) is 0 Å². The van der Waals surface area contributed by atoms with E-state index in [0.29, 0.717) is 0 Å². The molecule has 0 aliphatic carbocycles. The number of thiophene rings is 1. The molecule has 1 unspecified atom stereocenters. The lowest BCUT2D eigenvalue weighted by atomic mass is 10.1. The third kappa shape index (κ3) is 3.22. The van der Waals surface area contributed by atoms with E-state index in [4.69, 9.17) is 0 Å². The van der Waals surface area contributed by atoms with Gasteiger partial charge in [-0.1, -0.05) is 0 Å². The highest BCUT2D eigenvalue weighted by molar-refractivity contribution is 7.07. The standard InChI is InChI=1S/C13H15NO2S/c1-9(14-7-10-2-3-17-8-10)11-4-12(15)6-13(16)5-11/h2-6,8-9,14-16H,7H2,1H3. The highest BCUT2D eigenvalue weighted by Crippen LogP contribution is 2.24. The molecule has 17 heavy (non-hydrogen) atoms. The molecule has 0 amide bonds. The van der Waals surface area contributed by atoms with Crippen molar-refractivity contribution in [3.8, 4) is 11.5 Å². The van der Waals surface area contributed by atoms with E-state index in [2.05, 4.69) is 16.8 Å². The summed E-state index contributed by atoms with van der Waals surface area (Å²) < 4.78 is 0. The van der Waals surface area contributed by atoms with E-state index in [0.717, 1.165) is 12.1 Å². The summed E-state index contributed by atoms with van der Waals surface area (Å²) in [5.74, 6) is 0.174. The molecule has 0 bridgehead atoms. The topological polar surface area (TPSA) is 52.5 Å². The molecule has 0 radical (unpaired) electrons. The Labute approximate surface area is 104 Å². The number of phenolic OH excluding ortho intramolecular Hbond substituents is 2. The number of hydrogen-bond donors (Lipinski definition) is 3. The predicted molar refractivity (Wildman–Crippen MR) is 69.3 cm³/mol. The predicted octanol–water partition coefficient (Wildman–Crippen LogP) is 3.01. The van der Waals surface area contributed by atoms with Gasteiger partial charge in [-0.25, -0.2) is 0 Å². The van der Waals surface area contributed by atoms with Gasteiger partial charge in [0.15, 0.2) is 0 Å². The van der Waals surface area contributed by atoms with Gasteiger partial charge in [0.25, 0.3) is 0 Å². The molecule has 4 heteroatoms. The van der Waals surface area contributed by atoms with Crippen molar-refractivity contribution in [1.82, 2.24) is 5.32 Å². The van der Waals surface area contributed by atoms with E-state index >= 15 is 0 Å². The molecular formula is C13H15NO2S. The third-order valence-corrected chi connectivity index (χ3v) is 3.35. The number of nitrogens with one attached hydrogen (secondary N) is 1. The molecule has 3 nitrogen and oxygen atoms in total. The second-order valence-corrected chi connectivity index (χ2v) is 4.80. The van der Waals surface area contributed by atoms with Crippen LogP contribution in [0, 0.1) is 0 Å². The Morgan fingerprint density at radius 1 is 1.24 bits per heavy atom. The monoisotopic (exact) mass is 249 g/mol. The maximum atomic E-state index is 9.41. The smallest absolute Gasteiger partial charge is 0.119 e. The van der Waals surface area contributed by atoms with Crippen molar-refractivity contribution in [2.45, 2.75) is 19.5 Å². The SMILES string of the molecule is CC(NCc1ccsc1)c1cc(O)cc(O)c1. The van der Waals surface area contributed by atoms with Gasteiger partial charge in [-0.3, -0.25) is 0 Å². The van der Waals surface area contributed by atoms with Crippen molar-refractivity contribution in [2.75, 3.05) is 0 Å². The Hall–Kier alpha value is -1.52. The minimum Gasteiger partial charge on any atom is -0.508 e. The summed E-state index contributed by atoms with van der Waals surface area (Å²) in [5.41, 5.74) is 2.11. The van der Waals surface area contributed by atoms with E-state index < -0.39 is 0 Å². The molecule has 3 N–H and O–H groups in total. The lowest BCUT2D eigenvalue weighted by molar-refractivity contribution is 0.446. The summed E-state index contributed by atoms with van der Waals surface area (Å²) in [5, 5.41) is 26.3. The second kappa shape index (κ2) is 5.21. The zero-order valence-electron chi connectivity index (χ0n) is 9.55. The fraction of sp³-hybridized carbons (Fsp3) is 0.231. The van der Waals surface area contributed by atoms with Crippen molar-refractivity contribution in [3.63, 3.8) is 0 Å². The van der Waals surface area contributed by atoms with E-state index in [1.165, 1.54) is 11.6 Å². The first-order valence-corrected chi connectivity index (χ1v) is 6.37. The molecular weight excluding hydrogens is 234 g/mol. The van der Waals surface area contributed by atoms with Crippen molar-refractivity contribution < 1.29 is 10.2 Å². The van der Waals surface area contributed by atoms with Crippen molar-refractivity contribution >= 4 is 11.3 Å². The van der Waals surface area contributed by atoms with E-state index in [9.17, 15) is 10.2 Å². The number of hydrogen-bond acceptors (Lipinski definition) is 4. The molecule has 2 rings (SSSR count). The first kappa shape index (κ1) is 12.0. The largest absolute Gasteiger partial charge is 0.508 e. The van der Waals surface area contributed by atoms with Crippen molar-refractivity contribution in [1.29, 1.82) is 0 Å². The van der Waals surface area contributed by atoms with Crippen LogP contribution < -0.4 is 5.32 Å². The zero-order valence-corrected chi connectivity index (χ0v) is 10.4. The summed E-state index contributed by atoms with van der Waals surface area (Å²) in [4.78, 5) is 0. The van der Waals surface area contributed by atoms with Crippen LogP contribution in [0.15, 0.2) is 35.0 Å². The molecule has 0 aliphatic rings. The second-order valence-electron chi connectivity index (χ2n) is 4.02. The normalized spacial score (nSPS) is 12.5. The van der Waals surface area contributed by atoms with Crippen LogP contribution in [0.2, 0.25) is 0 Å². The summed E-state index contributed by atoms with van der Waals surface area (Å²) in [7, 11) is 0. The average molecular weight is 249 g/mol. The van der Waals surface area contributed by atoms with E-state index in [1.807, 2.05) is 12.3 Å². The summed E-state index contributed by atoms with van der Waals surface area (Å²) in [6.45, 7) is 2.78. The first-order chi connectivity index (χ1) is 8.15. The highest BCUT2D eigenvalue weighted by atomic mass is 32.1. The molecule has 1 heterocycles. The molecule has 1 aromatic carbocycles. The van der Waals surface area contributed by atoms with Gasteiger partial charge in [-0.2, -0.15) is 11.3 Å². The highest BCUT2D eigenvalue weighted by Gasteiger charge is 2.07. The maximum absolute atomic E-state index is 9.41. The minimum atomic E-state index is 0.0768. The summed E-state index contributed by atoms with van der Waals surface area (Å²) >= 11 is 1.67. The van der Waals surface area contributed by atoms with Gasteiger partial charge >= 0.3 is 0 Å². The number of aromatic hydroxyl groups is 2. The first-order valence-electron chi connectivity index (χ1n) is 5.42. The Bertz CT molecular complexity index is 462. The number of rotatable bonds is 4. The summed E-state index contributed by atoms with van der Waals surface area (Å²) in [6.07, 6.45) is 0. The van der Waals surface area contributed by atoms with Gasteiger partial charge in [-0.15, -0.1) is 0 Å².